The quantitative estimate of drug-likeness (QED) is 0.551. The molecule has 3 aromatic carbocycles. The second-order valence-corrected chi connectivity index (χ2v) is 7.51. The molecule has 0 aliphatic carbocycles. The van der Waals surface area contributed by atoms with Crippen LogP contribution in [0.15, 0.2) is 66.7 Å². The smallest absolute Gasteiger partial charge is 0.325 e. The van der Waals surface area contributed by atoms with Gasteiger partial charge in [-0.3, -0.25) is 9.59 Å². The van der Waals surface area contributed by atoms with Gasteiger partial charge in [-0.05, 0) is 36.4 Å². The third-order valence-electron chi connectivity index (χ3n) is 4.78. The van der Waals surface area contributed by atoms with Crippen molar-refractivity contribution in [2.24, 2.45) is 0 Å². The highest BCUT2D eigenvalue weighted by molar-refractivity contribution is 6.30. The van der Waals surface area contributed by atoms with Gasteiger partial charge >= 0.3 is 5.97 Å². The number of ether oxygens (including phenoxy) is 3. The second-order valence-electron chi connectivity index (χ2n) is 7.07. The number of carbonyl (C=O) groups is 2. The van der Waals surface area contributed by atoms with Crippen molar-refractivity contribution < 1.29 is 28.2 Å². The highest BCUT2D eigenvalue weighted by Crippen LogP contribution is 2.36. The van der Waals surface area contributed by atoms with Gasteiger partial charge in [0.05, 0.1) is 6.61 Å². The first kappa shape index (κ1) is 21.8. The molecule has 4 rings (SSSR count). The van der Waals surface area contributed by atoms with Gasteiger partial charge < -0.3 is 19.5 Å². The van der Waals surface area contributed by atoms with Gasteiger partial charge in [0.2, 0.25) is 6.29 Å². The second kappa shape index (κ2) is 9.80. The molecular formula is C24H19ClFNO5. The lowest BCUT2D eigenvalue weighted by Crippen LogP contribution is -2.30. The van der Waals surface area contributed by atoms with Crippen LogP contribution in [-0.2, 0) is 27.5 Å². The fourth-order valence-corrected chi connectivity index (χ4v) is 3.35. The number of hydrogen-bond acceptors (Lipinski definition) is 5. The van der Waals surface area contributed by atoms with Gasteiger partial charge in [-0.25, -0.2) is 4.39 Å². The van der Waals surface area contributed by atoms with E-state index in [4.69, 9.17) is 25.8 Å². The Morgan fingerprint density at radius 2 is 1.84 bits per heavy atom. The normalized spacial score (nSPS) is 14.8. The Hall–Kier alpha value is -3.42. The van der Waals surface area contributed by atoms with E-state index in [0.29, 0.717) is 27.5 Å². The summed E-state index contributed by atoms with van der Waals surface area (Å²) in [4.78, 5) is 24.2. The predicted octanol–water partition coefficient (Wildman–Crippen LogP) is 4.56. The van der Waals surface area contributed by atoms with Crippen LogP contribution in [0.3, 0.4) is 0 Å². The molecule has 0 saturated carbocycles. The van der Waals surface area contributed by atoms with E-state index in [1.165, 1.54) is 12.1 Å². The summed E-state index contributed by atoms with van der Waals surface area (Å²) in [6.07, 6.45) is -0.651. The molecule has 1 aliphatic rings. The van der Waals surface area contributed by atoms with Crippen LogP contribution in [0.2, 0.25) is 5.02 Å². The van der Waals surface area contributed by atoms with Gasteiger partial charge in [-0.2, -0.15) is 0 Å². The first-order chi connectivity index (χ1) is 15.5. The van der Waals surface area contributed by atoms with Gasteiger partial charge in [-0.15, -0.1) is 0 Å². The molecule has 0 radical (unpaired) electrons. The number of esters is 1. The molecule has 0 bridgehead atoms. The van der Waals surface area contributed by atoms with Crippen molar-refractivity contribution in [1.29, 1.82) is 0 Å². The number of rotatable bonds is 6. The molecule has 164 valence electrons. The zero-order valence-electron chi connectivity index (χ0n) is 16.8. The van der Waals surface area contributed by atoms with E-state index in [-0.39, 0.29) is 19.8 Å². The zero-order chi connectivity index (χ0) is 22.5. The molecule has 1 heterocycles. The lowest BCUT2D eigenvalue weighted by atomic mass is 10.1. The average molecular weight is 456 g/mol. The summed E-state index contributed by atoms with van der Waals surface area (Å²) in [6.45, 7) is -0.391. The van der Waals surface area contributed by atoms with E-state index in [9.17, 15) is 14.0 Å². The molecule has 1 N–H and O–H groups in total. The Labute approximate surface area is 188 Å². The minimum absolute atomic E-state index is 0.157. The summed E-state index contributed by atoms with van der Waals surface area (Å²) in [5.41, 5.74) is 2.08. The summed E-state index contributed by atoms with van der Waals surface area (Å²) in [5, 5.41) is 2.98. The van der Waals surface area contributed by atoms with Crippen LogP contribution in [-0.4, -0.2) is 18.4 Å². The third-order valence-corrected chi connectivity index (χ3v) is 5.03. The molecule has 32 heavy (non-hydrogen) atoms. The summed E-state index contributed by atoms with van der Waals surface area (Å²) in [7, 11) is 0. The fourth-order valence-electron chi connectivity index (χ4n) is 3.22. The van der Waals surface area contributed by atoms with Crippen LogP contribution in [0.4, 0.5) is 4.39 Å². The first-order valence-corrected chi connectivity index (χ1v) is 10.2. The Morgan fingerprint density at radius 1 is 1.09 bits per heavy atom. The molecule has 0 spiro atoms. The number of hydrogen-bond donors (Lipinski definition) is 1. The van der Waals surface area contributed by atoms with Gasteiger partial charge in [0.1, 0.15) is 24.7 Å². The minimum atomic E-state index is -0.669. The standard InChI is InChI=1S/C24H19ClFNO5/c25-19-8-6-15(7-9-19)23(29)27-12-21(28)30-13-17-10-20(26)11-18-14-31-24(32-22(17)18)16-4-2-1-3-5-16/h1-11,24H,12-14H2,(H,27,29)/t24-/m0/s1. The third kappa shape index (κ3) is 5.25. The van der Waals surface area contributed by atoms with Crippen molar-refractivity contribution in [2.75, 3.05) is 6.54 Å². The number of carbonyl (C=O) groups excluding carboxylic acids is 2. The number of amides is 1. The maximum Gasteiger partial charge on any atom is 0.325 e. The molecule has 0 unspecified atom stereocenters. The molecule has 8 heteroatoms. The fraction of sp³-hybridized carbons (Fsp3) is 0.167. The van der Waals surface area contributed by atoms with Crippen LogP contribution in [0.1, 0.15) is 33.3 Å². The predicted molar refractivity (Wildman–Crippen MR) is 115 cm³/mol. The van der Waals surface area contributed by atoms with Crippen molar-refractivity contribution in [3.05, 3.63) is 99.8 Å². The molecular weight excluding hydrogens is 437 g/mol. The highest BCUT2D eigenvalue weighted by Gasteiger charge is 2.25. The van der Waals surface area contributed by atoms with E-state index < -0.39 is 24.0 Å². The van der Waals surface area contributed by atoms with Gasteiger partial charge in [0.25, 0.3) is 5.91 Å². The van der Waals surface area contributed by atoms with Crippen LogP contribution >= 0.6 is 11.6 Å². The Morgan fingerprint density at radius 3 is 2.59 bits per heavy atom. The molecule has 3 aromatic rings. The maximum atomic E-state index is 14.1. The molecule has 0 fully saturated rings. The molecule has 6 nitrogen and oxygen atoms in total. The average Bonchev–Trinajstić information content (AvgIpc) is 2.81. The lowest BCUT2D eigenvalue weighted by molar-refractivity contribution is -0.144. The van der Waals surface area contributed by atoms with Crippen LogP contribution in [0.25, 0.3) is 0 Å². The molecule has 1 amide bonds. The summed E-state index contributed by atoms with van der Waals surface area (Å²) in [5.74, 6) is -1.18. The van der Waals surface area contributed by atoms with Crippen molar-refractivity contribution in [3.8, 4) is 5.75 Å². The number of halogens is 2. The Bertz CT molecular complexity index is 1120. The molecule has 1 atom stereocenters. The van der Waals surface area contributed by atoms with Crippen LogP contribution < -0.4 is 10.1 Å². The van der Waals surface area contributed by atoms with E-state index in [1.807, 2.05) is 30.3 Å². The van der Waals surface area contributed by atoms with E-state index >= 15 is 0 Å². The largest absolute Gasteiger partial charge is 0.460 e. The van der Waals surface area contributed by atoms with Gasteiger partial charge in [0, 0.05) is 27.3 Å². The summed E-state index contributed by atoms with van der Waals surface area (Å²) < 4.78 is 30.9. The van der Waals surface area contributed by atoms with Crippen LogP contribution in [0, 0.1) is 5.82 Å². The molecule has 0 saturated heterocycles. The van der Waals surface area contributed by atoms with Gasteiger partial charge in [0.15, 0.2) is 0 Å². The minimum Gasteiger partial charge on any atom is -0.460 e. The van der Waals surface area contributed by atoms with Crippen molar-refractivity contribution >= 4 is 23.5 Å². The van der Waals surface area contributed by atoms with E-state index in [0.717, 1.165) is 5.56 Å². The van der Waals surface area contributed by atoms with E-state index in [1.54, 1.807) is 24.3 Å². The number of benzene rings is 3. The number of nitrogens with one attached hydrogen (secondary N) is 1. The Balaban J connectivity index is 1.38. The summed E-state index contributed by atoms with van der Waals surface area (Å²) >= 11 is 5.80. The SMILES string of the molecule is O=C(CNC(=O)c1ccc(Cl)cc1)OCc1cc(F)cc2c1O[C@@H](c1ccccc1)OC2. The first-order valence-electron chi connectivity index (χ1n) is 9.83. The maximum absolute atomic E-state index is 14.1. The van der Waals surface area contributed by atoms with Gasteiger partial charge in [-0.1, -0.05) is 41.9 Å². The topological polar surface area (TPSA) is 73.9 Å². The summed E-state index contributed by atoms with van der Waals surface area (Å²) in [6, 6.07) is 18.2. The van der Waals surface area contributed by atoms with Crippen molar-refractivity contribution in [1.82, 2.24) is 5.32 Å². The van der Waals surface area contributed by atoms with Crippen molar-refractivity contribution in [3.63, 3.8) is 0 Å². The Kier molecular flexibility index (Phi) is 6.68. The monoisotopic (exact) mass is 455 g/mol. The van der Waals surface area contributed by atoms with Crippen molar-refractivity contribution in [2.45, 2.75) is 19.5 Å². The lowest BCUT2D eigenvalue weighted by Gasteiger charge is -2.28. The molecule has 0 aromatic heterocycles. The zero-order valence-corrected chi connectivity index (χ0v) is 17.6. The molecule has 1 aliphatic heterocycles. The van der Waals surface area contributed by atoms with Crippen LogP contribution in [0.5, 0.6) is 5.75 Å². The van der Waals surface area contributed by atoms with E-state index in [2.05, 4.69) is 5.32 Å². The number of fused-ring (bicyclic) bond motifs is 1. The highest BCUT2D eigenvalue weighted by atomic mass is 35.5.